The van der Waals surface area contributed by atoms with Crippen LogP contribution in [0, 0.1) is 18.8 Å². The van der Waals surface area contributed by atoms with Crippen LogP contribution in [0.15, 0.2) is 4.63 Å². The summed E-state index contributed by atoms with van der Waals surface area (Å²) in [5, 5.41) is 11.3. The minimum absolute atomic E-state index is 0.236. The van der Waals surface area contributed by atoms with E-state index in [2.05, 4.69) is 34.4 Å². The number of hydrogen-bond donors (Lipinski definition) is 1. The maximum atomic E-state index is 4.78. The lowest BCUT2D eigenvalue weighted by atomic mass is 9.85. The second-order valence-corrected chi connectivity index (χ2v) is 5.86. The molecule has 2 unspecified atom stereocenters. The summed E-state index contributed by atoms with van der Waals surface area (Å²) in [6, 6.07) is 0. The second-order valence-electron chi connectivity index (χ2n) is 5.86. The Balaban J connectivity index is 1.79. The summed E-state index contributed by atoms with van der Waals surface area (Å²) in [4.78, 5) is 2.52. The SMILES string of the molecule is Cc1nonc1CN1CC2CNCC2C1(C)C. The zero-order valence-corrected chi connectivity index (χ0v) is 10.7. The summed E-state index contributed by atoms with van der Waals surface area (Å²) < 4.78 is 4.78. The van der Waals surface area contributed by atoms with Crippen molar-refractivity contribution >= 4 is 0 Å². The smallest absolute Gasteiger partial charge is 0.122 e. The van der Waals surface area contributed by atoms with E-state index in [1.807, 2.05) is 6.92 Å². The molecule has 2 aliphatic heterocycles. The highest BCUT2D eigenvalue weighted by atomic mass is 16.6. The van der Waals surface area contributed by atoms with Crippen molar-refractivity contribution in [2.45, 2.75) is 32.9 Å². The Labute approximate surface area is 102 Å². The van der Waals surface area contributed by atoms with Crippen molar-refractivity contribution in [2.75, 3.05) is 19.6 Å². The molecule has 0 aliphatic carbocycles. The first-order valence-corrected chi connectivity index (χ1v) is 6.33. The predicted octanol–water partition coefficient (Wildman–Crippen LogP) is 0.808. The van der Waals surface area contributed by atoms with Gasteiger partial charge in [-0.3, -0.25) is 4.90 Å². The normalized spacial score (nSPS) is 31.9. The van der Waals surface area contributed by atoms with E-state index in [0.717, 1.165) is 49.4 Å². The molecule has 1 aromatic heterocycles. The van der Waals surface area contributed by atoms with E-state index in [4.69, 9.17) is 4.63 Å². The lowest BCUT2D eigenvalue weighted by Crippen LogP contribution is -2.44. The standard InChI is InChI=1S/C12H20N4O/c1-8-11(15-17-14-8)7-16-6-9-4-13-5-10(9)12(16,2)3/h9-10,13H,4-7H2,1-3H3. The molecule has 2 fully saturated rings. The zero-order valence-electron chi connectivity index (χ0n) is 10.7. The number of likely N-dealkylation sites (tertiary alicyclic amines) is 1. The number of aryl methyl sites for hydroxylation is 1. The summed E-state index contributed by atoms with van der Waals surface area (Å²) in [5.74, 6) is 1.54. The van der Waals surface area contributed by atoms with E-state index in [0.29, 0.717) is 0 Å². The lowest BCUT2D eigenvalue weighted by molar-refractivity contribution is 0.128. The third kappa shape index (κ3) is 1.68. The van der Waals surface area contributed by atoms with Gasteiger partial charge < -0.3 is 5.32 Å². The van der Waals surface area contributed by atoms with Gasteiger partial charge >= 0.3 is 0 Å². The Kier molecular flexibility index (Phi) is 2.48. The van der Waals surface area contributed by atoms with Crippen molar-refractivity contribution in [1.29, 1.82) is 0 Å². The third-order valence-electron chi connectivity index (χ3n) is 4.60. The number of fused-ring (bicyclic) bond motifs is 1. The van der Waals surface area contributed by atoms with E-state index in [9.17, 15) is 0 Å². The molecule has 2 aliphatic rings. The fourth-order valence-corrected chi connectivity index (χ4v) is 3.35. The number of nitrogens with one attached hydrogen (secondary N) is 1. The number of rotatable bonds is 2. The average molecular weight is 236 g/mol. The van der Waals surface area contributed by atoms with Crippen LogP contribution in [-0.2, 0) is 6.54 Å². The van der Waals surface area contributed by atoms with Gasteiger partial charge in [0.05, 0.1) is 0 Å². The average Bonchev–Trinajstić information content (AvgIpc) is 2.91. The first-order valence-electron chi connectivity index (χ1n) is 6.33. The molecule has 2 saturated heterocycles. The molecule has 0 saturated carbocycles. The van der Waals surface area contributed by atoms with Crippen molar-refractivity contribution in [3.8, 4) is 0 Å². The van der Waals surface area contributed by atoms with Gasteiger partial charge in [0.25, 0.3) is 0 Å². The first kappa shape index (κ1) is 11.2. The van der Waals surface area contributed by atoms with Crippen molar-refractivity contribution in [3.63, 3.8) is 0 Å². The van der Waals surface area contributed by atoms with Gasteiger partial charge in [0.1, 0.15) is 11.4 Å². The summed E-state index contributed by atoms with van der Waals surface area (Å²) in [6.45, 7) is 10.9. The Morgan fingerprint density at radius 1 is 1.41 bits per heavy atom. The summed E-state index contributed by atoms with van der Waals surface area (Å²) in [7, 11) is 0. The summed E-state index contributed by atoms with van der Waals surface area (Å²) >= 11 is 0. The molecule has 1 N–H and O–H groups in total. The van der Waals surface area contributed by atoms with Gasteiger partial charge in [0, 0.05) is 25.2 Å². The molecule has 1 aromatic rings. The highest BCUT2D eigenvalue weighted by Gasteiger charge is 2.49. The number of hydrogen-bond acceptors (Lipinski definition) is 5. The Morgan fingerprint density at radius 3 is 2.88 bits per heavy atom. The molecule has 3 rings (SSSR count). The topological polar surface area (TPSA) is 54.2 Å². The Morgan fingerprint density at radius 2 is 2.24 bits per heavy atom. The quantitative estimate of drug-likeness (QED) is 0.823. The lowest BCUT2D eigenvalue weighted by Gasteiger charge is -2.35. The zero-order chi connectivity index (χ0) is 12.0. The Hall–Kier alpha value is -0.940. The van der Waals surface area contributed by atoms with Crippen molar-refractivity contribution in [2.24, 2.45) is 11.8 Å². The largest absolute Gasteiger partial charge is 0.316 e. The molecule has 3 heterocycles. The minimum Gasteiger partial charge on any atom is -0.316 e. The molecular weight excluding hydrogens is 216 g/mol. The van der Waals surface area contributed by atoms with Crippen LogP contribution >= 0.6 is 0 Å². The molecule has 0 bridgehead atoms. The maximum absolute atomic E-state index is 4.78. The summed E-state index contributed by atoms with van der Waals surface area (Å²) in [5.41, 5.74) is 2.13. The number of aromatic nitrogens is 2. The minimum atomic E-state index is 0.236. The maximum Gasteiger partial charge on any atom is 0.122 e. The van der Waals surface area contributed by atoms with E-state index in [1.165, 1.54) is 0 Å². The van der Waals surface area contributed by atoms with E-state index in [-0.39, 0.29) is 5.54 Å². The molecule has 5 heteroatoms. The molecule has 5 nitrogen and oxygen atoms in total. The van der Waals surface area contributed by atoms with Gasteiger partial charge in [0.15, 0.2) is 0 Å². The molecule has 2 atom stereocenters. The van der Waals surface area contributed by atoms with E-state index >= 15 is 0 Å². The molecule has 17 heavy (non-hydrogen) atoms. The van der Waals surface area contributed by atoms with Gasteiger partial charge in [-0.25, -0.2) is 4.63 Å². The van der Waals surface area contributed by atoms with Gasteiger partial charge in [-0.15, -0.1) is 0 Å². The number of nitrogens with zero attached hydrogens (tertiary/aromatic N) is 3. The highest BCUT2D eigenvalue weighted by molar-refractivity contribution is 5.10. The molecule has 0 radical (unpaired) electrons. The molecule has 0 aromatic carbocycles. The van der Waals surface area contributed by atoms with Crippen LogP contribution in [0.5, 0.6) is 0 Å². The summed E-state index contributed by atoms with van der Waals surface area (Å²) in [6.07, 6.45) is 0. The van der Waals surface area contributed by atoms with Crippen LogP contribution in [0.3, 0.4) is 0 Å². The Bertz CT molecular complexity index is 414. The van der Waals surface area contributed by atoms with E-state index in [1.54, 1.807) is 0 Å². The van der Waals surface area contributed by atoms with Crippen molar-refractivity contribution in [3.05, 3.63) is 11.4 Å². The fourth-order valence-electron chi connectivity index (χ4n) is 3.35. The van der Waals surface area contributed by atoms with Crippen molar-refractivity contribution < 1.29 is 4.63 Å². The fraction of sp³-hybridized carbons (Fsp3) is 0.833. The van der Waals surface area contributed by atoms with Crippen LogP contribution in [0.25, 0.3) is 0 Å². The third-order valence-corrected chi connectivity index (χ3v) is 4.60. The second kappa shape index (κ2) is 3.78. The van der Waals surface area contributed by atoms with Gasteiger partial charge in [-0.2, -0.15) is 0 Å². The van der Waals surface area contributed by atoms with Crippen LogP contribution in [0.2, 0.25) is 0 Å². The molecule has 0 spiro atoms. The van der Waals surface area contributed by atoms with Crippen LogP contribution in [0.1, 0.15) is 25.2 Å². The van der Waals surface area contributed by atoms with Crippen LogP contribution in [-0.4, -0.2) is 40.4 Å². The molecule has 94 valence electrons. The van der Waals surface area contributed by atoms with Crippen molar-refractivity contribution in [1.82, 2.24) is 20.5 Å². The highest BCUT2D eigenvalue weighted by Crippen LogP contribution is 2.41. The van der Waals surface area contributed by atoms with Crippen LogP contribution < -0.4 is 5.32 Å². The van der Waals surface area contributed by atoms with Gasteiger partial charge in [0.2, 0.25) is 0 Å². The molecule has 0 amide bonds. The molecular formula is C12H20N4O. The first-order chi connectivity index (χ1) is 8.09. The van der Waals surface area contributed by atoms with E-state index < -0.39 is 0 Å². The van der Waals surface area contributed by atoms with Crippen LogP contribution in [0.4, 0.5) is 0 Å². The van der Waals surface area contributed by atoms with Gasteiger partial charge in [-0.05, 0) is 39.2 Å². The predicted molar refractivity (Wildman–Crippen MR) is 63.4 cm³/mol. The monoisotopic (exact) mass is 236 g/mol. The van der Waals surface area contributed by atoms with Gasteiger partial charge in [-0.1, -0.05) is 10.3 Å².